The molecule has 118 valence electrons. The summed E-state index contributed by atoms with van der Waals surface area (Å²) in [6.45, 7) is -0.153. The monoisotopic (exact) mass is 308 g/mol. The van der Waals surface area contributed by atoms with Gasteiger partial charge in [0, 0.05) is 12.2 Å². The maximum Gasteiger partial charge on any atom is 0.331 e. The predicted octanol–water partition coefficient (Wildman–Crippen LogP) is 1.26. The van der Waals surface area contributed by atoms with Crippen LogP contribution in [0.15, 0.2) is 36.4 Å². The minimum absolute atomic E-state index is 0.107. The molecule has 22 heavy (non-hydrogen) atoms. The average molecular weight is 308 g/mol. The molecular formula is C15H16O7. The Labute approximate surface area is 127 Å². The largest absolute Gasteiger partial charge is 0.497 e. The summed E-state index contributed by atoms with van der Waals surface area (Å²) >= 11 is 0. The number of hydrogen-bond acceptors (Lipinski definition) is 7. The topological polar surface area (TPSA) is 88.1 Å². The molecule has 0 aliphatic rings. The lowest BCUT2D eigenvalue weighted by atomic mass is 10.3. The summed E-state index contributed by atoms with van der Waals surface area (Å²) in [5, 5.41) is 0. The summed E-state index contributed by atoms with van der Waals surface area (Å²) in [7, 11) is 2.72. The molecule has 1 aromatic carbocycles. The standard InChI is InChI=1S/C15H16O7/c1-19-11-3-5-12(6-4-11)22-15(18)9-10-21-14(17)8-7-13(16)20-2/h3-8H,9-10H2,1-2H3/b8-7-. The highest BCUT2D eigenvalue weighted by molar-refractivity contribution is 5.91. The van der Waals surface area contributed by atoms with E-state index < -0.39 is 17.9 Å². The quantitative estimate of drug-likeness (QED) is 0.425. The Hall–Kier alpha value is -2.83. The Morgan fingerprint density at radius 3 is 2.14 bits per heavy atom. The normalized spacial score (nSPS) is 10.1. The van der Waals surface area contributed by atoms with E-state index in [2.05, 4.69) is 4.74 Å². The van der Waals surface area contributed by atoms with E-state index in [0.29, 0.717) is 11.5 Å². The summed E-state index contributed by atoms with van der Waals surface area (Å²) in [6.07, 6.45) is 1.74. The van der Waals surface area contributed by atoms with Crippen molar-refractivity contribution in [1.29, 1.82) is 0 Å². The molecule has 0 heterocycles. The van der Waals surface area contributed by atoms with Crippen LogP contribution < -0.4 is 9.47 Å². The number of carbonyl (C=O) groups excluding carboxylic acids is 3. The highest BCUT2D eigenvalue weighted by atomic mass is 16.6. The van der Waals surface area contributed by atoms with Crippen LogP contribution in [0.2, 0.25) is 0 Å². The average Bonchev–Trinajstić information content (AvgIpc) is 2.53. The van der Waals surface area contributed by atoms with Gasteiger partial charge in [0.05, 0.1) is 20.6 Å². The van der Waals surface area contributed by atoms with Gasteiger partial charge >= 0.3 is 17.9 Å². The van der Waals surface area contributed by atoms with Gasteiger partial charge < -0.3 is 18.9 Å². The molecule has 0 amide bonds. The first kappa shape index (κ1) is 17.2. The van der Waals surface area contributed by atoms with Crippen molar-refractivity contribution in [2.75, 3.05) is 20.8 Å². The van der Waals surface area contributed by atoms with Gasteiger partial charge in [-0.1, -0.05) is 0 Å². The molecule has 1 rings (SSSR count). The lowest BCUT2D eigenvalue weighted by Crippen LogP contribution is -2.13. The smallest absolute Gasteiger partial charge is 0.331 e. The van der Waals surface area contributed by atoms with E-state index in [4.69, 9.17) is 14.2 Å². The van der Waals surface area contributed by atoms with E-state index in [1.54, 1.807) is 24.3 Å². The maximum absolute atomic E-state index is 11.5. The minimum Gasteiger partial charge on any atom is -0.497 e. The summed E-state index contributed by atoms with van der Waals surface area (Å²) < 4.78 is 19.0. The molecule has 7 heteroatoms. The molecule has 0 saturated carbocycles. The molecule has 0 aliphatic heterocycles. The zero-order chi connectivity index (χ0) is 16.4. The third kappa shape index (κ3) is 6.56. The molecule has 0 N–H and O–H groups in total. The number of benzene rings is 1. The molecule has 7 nitrogen and oxygen atoms in total. The summed E-state index contributed by atoms with van der Waals surface area (Å²) in [5.74, 6) is -0.956. The Balaban J connectivity index is 2.29. The first-order valence-corrected chi connectivity index (χ1v) is 6.32. The van der Waals surface area contributed by atoms with E-state index in [-0.39, 0.29) is 13.0 Å². The van der Waals surface area contributed by atoms with E-state index in [0.717, 1.165) is 12.2 Å². The van der Waals surface area contributed by atoms with Crippen LogP contribution in [0.25, 0.3) is 0 Å². The molecule has 0 radical (unpaired) electrons. The van der Waals surface area contributed by atoms with Gasteiger partial charge in [0.25, 0.3) is 0 Å². The lowest BCUT2D eigenvalue weighted by molar-refractivity contribution is -0.142. The van der Waals surface area contributed by atoms with Gasteiger partial charge in [-0.15, -0.1) is 0 Å². The van der Waals surface area contributed by atoms with Crippen LogP contribution >= 0.6 is 0 Å². The summed E-state index contributed by atoms with van der Waals surface area (Å²) in [6, 6.07) is 6.48. The van der Waals surface area contributed by atoms with Gasteiger partial charge in [0.15, 0.2) is 0 Å². The van der Waals surface area contributed by atoms with E-state index >= 15 is 0 Å². The van der Waals surface area contributed by atoms with Crippen molar-refractivity contribution in [2.24, 2.45) is 0 Å². The van der Waals surface area contributed by atoms with Gasteiger partial charge in [-0.25, -0.2) is 9.59 Å². The van der Waals surface area contributed by atoms with Crippen molar-refractivity contribution in [1.82, 2.24) is 0 Å². The zero-order valence-corrected chi connectivity index (χ0v) is 12.2. The molecule has 0 atom stereocenters. The fraction of sp³-hybridized carbons (Fsp3) is 0.267. The fourth-order valence-electron chi connectivity index (χ4n) is 1.31. The van der Waals surface area contributed by atoms with Crippen molar-refractivity contribution >= 4 is 17.9 Å². The van der Waals surface area contributed by atoms with Crippen molar-refractivity contribution in [3.05, 3.63) is 36.4 Å². The molecule has 0 fully saturated rings. The number of hydrogen-bond donors (Lipinski definition) is 0. The second kappa shape index (κ2) is 9.17. The predicted molar refractivity (Wildman–Crippen MR) is 75.4 cm³/mol. The lowest BCUT2D eigenvalue weighted by Gasteiger charge is -2.05. The third-order valence-corrected chi connectivity index (χ3v) is 2.40. The zero-order valence-electron chi connectivity index (χ0n) is 12.2. The van der Waals surface area contributed by atoms with Crippen molar-refractivity contribution in [3.8, 4) is 11.5 Å². The van der Waals surface area contributed by atoms with Crippen LogP contribution in [0.1, 0.15) is 6.42 Å². The first-order chi connectivity index (χ1) is 10.5. The highest BCUT2D eigenvalue weighted by Gasteiger charge is 2.07. The third-order valence-electron chi connectivity index (χ3n) is 2.40. The molecule has 0 bridgehead atoms. The van der Waals surface area contributed by atoms with E-state index in [1.165, 1.54) is 14.2 Å². The second-order valence-corrected chi connectivity index (χ2v) is 3.92. The number of carbonyl (C=O) groups is 3. The van der Waals surface area contributed by atoms with Gasteiger partial charge in [0.1, 0.15) is 18.1 Å². The van der Waals surface area contributed by atoms with Crippen LogP contribution in [-0.2, 0) is 23.9 Å². The molecule has 0 saturated heterocycles. The van der Waals surface area contributed by atoms with Crippen molar-refractivity contribution < 1.29 is 33.3 Å². The molecule has 0 spiro atoms. The fourth-order valence-corrected chi connectivity index (χ4v) is 1.31. The van der Waals surface area contributed by atoms with E-state index in [1.807, 2.05) is 0 Å². The molecular weight excluding hydrogens is 292 g/mol. The van der Waals surface area contributed by atoms with Crippen molar-refractivity contribution in [3.63, 3.8) is 0 Å². The summed E-state index contributed by atoms with van der Waals surface area (Å²) in [5.41, 5.74) is 0. The van der Waals surface area contributed by atoms with Crippen LogP contribution in [0.5, 0.6) is 11.5 Å². The second-order valence-electron chi connectivity index (χ2n) is 3.92. The van der Waals surface area contributed by atoms with Gasteiger partial charge in [0.2, 0.25) is 0 Å². The highest BCUT2D eigenvalue weighted by Crippen LogP contribution is 2.17. The SMILES string of the molecule is COC(=O)/C=C\C(=O)OCCC(=O)Oc1ccc(OC)cc1. The van der Waals surface area contributed by atoms with Crippen LogP contribution in [0, 0.1) is 0 Å². The van der Waals surface area contributed by atoms with Gasteiger partial charge in [-0.3, -0.25) is 4.79 Å². The Kier molecular flexibility index (Phi) is 7.18. The molecule has 0 aliphatic carbocycles. The van der Waals surface area contributed by atoms with Gasteiger partial charge in [-0.05, 0) is 24.3 Å². The van der Waals surface area contributed by atoms with Crippen molar-refractivity contribution in [2.45, 2.75) is 6.42 Å². The first-order valence-electron chi connectivity index (χ1n) is 6.32. The Bertz CT molecular complexity index is 546. The Morgan fingerprint density at radius 1 is 0.955 bits per heavy atom. The molecule has 0 aromatic heterocycles. The number of esters is 3. The van der Waals surface area contributed by atoms with Crippen LogP contribution in [-0.4, -0.2) is 38.7 Å². The van der Waals surface area contributed by atoms with Gasteiger partial charge in [-0.2, -0.15) is 0 Å². The minimum atomic E-state index is -0.748. The van der Waals surface area contributed by atoms with E-state index in [9.17, 15) is 14.4 Å². The number of ether oxygens (including phenoxy) is 4. The summed E-state index contributed by atoms with van der Waals surface area (Å²) in [4.78, 5) is 33.5. The maximum atomic E-state index is 11.5. The Morgan fingerprint density at radius 2 is 1.55 bits per heavy atom. The van der Waals surface area contributed by atoms with Crippen LogP contribution in [0.3, 0.4) is 0 Å². The number of rotatable bonds is 7. The number of methoxy groups -OCH3 is 2. The molecule has 0 unspecified atom stereocenters. The van der Waals surface area contributed by atoms with Crippen LogP contribution in [0.4, 0.5) is 0 Å². The molecule has 1 aromatic rings.